The normalized spacial score (nSPS) is 20.4. The van der Waals surface area contributed by atoms with Gasteiger partial charge in [0.05, 0.1) is 5.02 Å². The number of pyridine rings is 1. The lowest BCUT2D eigenvalue weighted by Crippen LogP contribution is -2.35. The fourth-order valence-corrected chi connectivity index (χ4v) is 3.03. The van der Waals surface area contributed by atoms with Crippen molar-refractivity contribution in [3.63, 3.8) is 0 Å². The second kappa shape index (κ2) is 6.97. The summed E-state index contributed by atoms with van der Waals surface area (Å²) in [5, 5.41) is 4.25. The van der Waals surface area contributed by atoms with E-state index in [1.54, 1.807) is 0 Å². The smallest absolute Gasteiger partial charge is 0.147 e. The Labute approximate surface area is 134 Å². The van der Waals surface area contributed by atoms with Gasteiger partial charge in [0.25, 0.3) is 0 Å². The van der Waals surface area contributed by atoms with Crippen molar-refractivity contribution in [3.8, 4) is 0 Å². The van der Waals surface area contributed by atoms with E-state index in [4.69, 9.17) is 11.6 Å². The number of hydrogen-bond donors (Lipinski definition) is 1. The van der Waals surface area contributed by atoms with Crippen LogP contribution in [0.5, 0.6) is 0 Å². The van der Waals surface area contributed by atoms with Crippen LogP contribution in [0.25, 0.3) is 0 Å². The van der Waals surface area contributed by atoms with E-state index in [1.165, 1.54) is 25.7 Å². The van der Waals surface area contributed by atoms with E-state index >= 15 is 0 Å². The van der Waals surface area contributed by atoms with Crippen molar-refractivity contribution in [1.82, 2.24) is 10.3 Å². The lowest BCUT2D eigenvalue weighted by atomic mass is 10.1. The molecule has 1 aliphatic heterocycles. The number of nitrogens with zero attached hydrogens (tertiary/aromatic N) is 2. The molecule has 1 N–H and O–H groups in total. The largest absolute Gasteiger partial charge is 0.353 e. The van der Waals surface area contributed by atoms with Gasteiger partial charge in [-0.05, 0) is 52.2 Å². The predicted octanol–water partition coefficient (Wildman–Crippen LogP) is 4.39. The number of hydrogen-bond acceptors (Lipinski definition) is 3. The number of halogens is 1. The molecular weight excluding hydrogens is 282 g/mol. The Morgan fingerprint density at radius 3 is 2.76 bits per heavy atom. The lowest BCUT2D eigenvalue weighted by molar-refractivity contribution is 0.424. The van der Waals surface area contributed by atoms with E-state index in [1.807, 2.05) is 6.20 Å². The maximum Gasteiger partial charge on any atom is 0.147 e. The highest BCUT2D eigenvalue weighted by atomic mass is 35.5. The van der Waals surface area contributed by atoms with Gasteiger partial charge in [-0.25, -0.2) is 4.98 Å². The fraction of sp³-hybridized carbons (Fsp3) is 0.706. The Bertz CT molecular complexity index is 468. The summed E-state index contributed by atoms with van der Waals surface area (Å²) < 4.78 is 0. The number of anilines is 1. The zero-order chi connectivity index (χ0) is 15.5. The monoisotopic (exact) mass is 309 g/mol. The third-order valence-corrected chi connectivity index (χ3v) is 4.30. The highest BCUT2D eigenvalue weighted by molar-refractivity contribution is 6.33. The molecule has 1 aromatic rings. The molecule has 1 saturated heterocycles. The zero-order valence-corrected chi connectivity index (χ0v) is 14.5. The minimum Gasteiger partial charge on any atom is -0.353 e. The van der Waals surface area contributed by atoms with Gasteiger partial charge in [0.1, 0.15) is 5.82 Å². The molecule has 4 heteroatoms. The zero-order valence-electron chi connectivity index (χ0n) is 13.7. The fourth-order valence-electron chi connectivity index (χ4n) is 2.74. The summed E-state index contributed by atoms with van der Waals surface area (Å²) >= 11 is 6.50. The molecule has 2 rings (SSSR count). The molecule has 0 spiro atoms. The average Bonchev–Trinajstić information content (AvgIpc) is 2.61. The van der Waals surface area contributed by atoms with Crippen molar-refractivity contribution < 1.29 is 0 Å². The molecule has 1 fully saturated rings. The van der Waals surface area contributed by atoms with Gasteiger partial charge in [-0.1, -0.05) is 24.4 Å². The predicted molar refractivity (Wildman–Crippen MR) is 91.1 cm³/mol. The molecule has 0 bridgehead atoms. The molecule has 1 atom stereocenters. The van der Waals surface area contributed by atoms with E-state index in [-0.39, 0.29) is 5.54 Å². The van der Waals surface area contributed by atoms with E-state index in [9.17, 15) is 0 Å². The third-order valence-electron chi connectivity index (χ3n) is 4.03. The Morgan fingerprint density at radius 1 is 1.33 bits per heavy atom. The minimum absolute atomic E-state index is 0.102. The molecular formula is C17H28ClN3. The topological polar surface area (TPSA) is 28.2 Å². The first-order valence-corrected chi connectivity index (χ1v) is 8.41. The van der Waals surface area contributed by atoms with E-state index in [0.717, 1.165) is 29.5 Å². The first-order valence-electron chi connectivity index (χ1n) is 8.03. The Kier molecular flexibility index (Phi) is 5.50. The molecule has 1 aromatic heterocycles. The Balaban J connectivity index is 2.11. The summed E-state index contributed by atoms with van der Waals surface area (Å²) in [5.41, 5.74) is 1.24. The first kappa shape index (κ1) is 16.6. The van der Waals surface area contributed by atoms with Gasteiger partial charge in [-0.15, -0.1) is 0 Å². The van der Waals surface area contributed by atoms with Crippen molar-refractivity contribution in [1.29, 1.82) is 0 Å². The van der Waals surface area contributed by atoms with Crippen molar-refractivity contribution in [2.75, 3.05) is 11.4 Å². The van der Waals surface area contributed by atoms with Gasteiger partial charge in [-0.2, -0.15) is 0 Å². The molecule has 21 heavy (non-hydrogen) atoms. The Morgan fingerprint density at radius 2 is 2.10 bits per heavy atom. The molecule has 0 amide bonds. The van der Waals surface area contributed by atoms with Crippen LogP contribution in [0.4, 0.5) is 5.82 Å². The van der Waals surface area contributed by atoms with Gasteiger partial charge in [0.2, 0.25) is 0 Å². The minimum atomic E-state index is 0.102. The summed E-state index contributed by atoms with van der Waals surface area (Å²) in [4.78, 5) is 7.02. The van der Waals surface area contributed by atoms with Crippen LogP contribution in [0, 0.1) is 0 Å². The molecule has 0 radical (unpaired) electrons. The van der Waals surface area contributed by atoms with Crippen LogP contribution in [0.3, 0.4) is 0 Å². The molecule has 0 aromatic carbocycles. The second-order valence-electron chi connectivity index (χ2n) is 7.14. The molecule has 1 unspecified atom stereocenters. The number of nitrogens with one attached hydrogen (secondary N) is 1. The van der Waals surface area contributed by atoms with Crippen molar-refractivity contribution in [3.05, 3.63) is 22.8 Å². The maximum atomic E-state index is 6.50. The van der Waals surface area contributed by atoms with Gasteiger partial charge >= 0.3 is 0 Å². The second-order valence-corrected chi connectivity index (χ2v) is 7.55. The summed E-state index contributed by atoms with van der Waals surface area (Å²) in [6, 6.07) is 2.58. The lowest BCUT2D eigenvalue weighted by Gasteiger charge is -2.29. The standard InChI is InChI=1S/C17H28ClN3/c1-13-8-6-5-7-9-21(13)16-15(18)10-14(11-19-16)12-20-17(2,3)4/h10-11,13,20H,5-9,12H2,1-4H3. The van der Waals surface area contributed by atoms with Crippen molar-refractivity contribution >= 4 is 17.4 Å². The first-order chi connectivity index (χ1) is 9.87. The third kappa shape index (κ3) is 4.86. The SMILES string of the molecule is CC1CCCCCN1c1ncc(CNC(C)(C)C)cc1Cl. The van der Waals surface area contributed by atoms with Crippen LogP contribution >= 0.6 is 11.6 Å². The van der Waals surface area contributed by atoms with E-state index < -0.39 is 0 Å². The highest BCUT2D eigenvalue weighted by Crippen LogP contribution is 2.29. The van der Waals surface area contributed by atoms with Gasteiger partial charge in [-0.3, -0.25) is 0 Å². The quantitative estimate of drug-likeness (QED) is 0.897. The molecule has 2 heterocycles. The van der Waals surface area contributed by atoms with Crippen molar-refractivity contribution in [2.45, 2.75) is 71.5 Å². The van der Waals surface area contributed by atoms with Crippen LogP contribution in [-0.2, 0) is 6.54 Å². The molecule has 0 saturated carbocycles. The van der Waals surface area contributed by atoms with Crippen LogP contribution in [-0.4, -0.2) is 23.1 Å². The molecule has 1 aliphatic rings. The molecule has 118 valence electrons. The van der Waals surface area contributed by atoms with Crippen LogP contribution in [0.15, 0.2) is 12.3 Å². The molecule has 0 aliphatic carbocycles. The maximum absolute atomic E-state index is 6.50. The average molecular weight is 310 g/mol. The van der Waals surface area contributed by atoms with Crippen LogP contribution in [0.2, 0.25) is 5.02 Å². The number of rotatable bonds is 3. The summed E-state index contributed by atoms with van der Waals surface area (Å²) in [5.74, 6) is 0.950. The summed E-state index contributed by atoms with van der Waals surface area (Å²) in [6.07, 6.45) is 7.04. The Hall–Kier alpha value is -0.800. The van der Waals surface area contributed by atoms with Crippen molar-refractivity contribution in [2.24, 2.45) is 0 Å². The van der Waals surface area contributed by atoms with Crippen LogP contribution in [0.1, 0.15) is 58.9 Å². The van der Waals surface area contributed by atoms with E-state index in [2.05, 4.69) is 49.0 Å². The van der Waals surface area contributed by atoms with Gasteiger partial charge in [0, 0.05) is 30.9 Å². The van der Waals surface area contributed by atoms with Gasteiger partial charge in [0.15, 0.2) is 0 Å². The summed E-state index contributed by atoms with van der Waals surface area (Å²) in [6.45, 7) is 10.6. The molecule has 3 nitrogen and oxygen atoms in total. The summed E-state index contributed by atoms with van der Waals surface area (Å²) in [7, 11) is 0. The van der Waals surface area contributed by atoms with Gasteiger partial charge < -0.3 is 10.2 Å². The van der Waals surface area contributed by atoms with Crippen LogP contribution < -0.4 is 10.2 Å². The van der Waals surface area contributed by atoms with E-state index in [0.29, 0.717) is 6.04 Å². The number of aromatic nitrogens is 1. The highest BCUT2D eigenvalue weighted by Gasteiger charge is 2.20.